The molecular formula is C15H36AlO2Zn-. The zero-order valence-corrected chi connectivity index (χ0v) is 18.6. The Morgan fingerprint density at radius 3 is 1.89 bits per heavy atom. The van der Waals surface area contributed by atoms with E-state index >= 15 is 0 Å². The minimum atomic E-state index is 0. The predicted molar refractivity (Wildman–Crippen MR) is 86.0 cm³/mol. The van der Waals surface area contributed by atoms with Gasteiger partial charge in [0.15, 0.2) is 0 Å². The maximum Gasteiger partial charge on any atom is 0.216 e. The first-order valence-electron chi connectivity index (χ1n) is 7.62. The van der Waals surface area contributed by atoms with Crippen LogP contribution in [0.1, 0.15) is 84.5 Å². The van der Waals surface area contributed by atoms with E-state index in [1.54, 1.807) is 0 Å². The Kier molecular flexibility index (Phi) is 35.9. The van der Waals surface area contributed by atoms with Gasteiger partial charge in [-0.25, -0.2) is 0 Å². The second-order valence-electron chi connectivity index (χ2n) is 5.29. The molecule has 0 spiro atoms. The van der Waals surface area contributed by atoms with Gasteiger partial charge in [0.05, 0.1) is 0 Å². The third-order valence-electron chi connectivity index (χ3n) is 3.43. The minimum Gasteiger partial charge on any atom is -0.412 e. The van der Waals surface area contributed by atoms with Gasteiger partial charge in [-0.3, -0.25) is 0 Å². The Balaban J connectivity index is -0.000000375. The molecule has 2 nitrogen and oxygen atoms in total. The molecule has 0 aromatic rings. The van der Waals surface area contributed by atoms with Crippen LogP contribution in [0.3, 0.4) is 0 Å². The molecule has 0 radical (unpaired) electrons. The van der Waals surface area contributed by atoms with Gasteiger partial charge >= 0.3 is 0 Å². The molecule has 0 aliphatic carbocycles. The van der Waals surface area contributed by atoms with Crippen molar-refractivity contribution in [3.63, 3.8) is 0 Å². The van der Waals surface area contributed by atoms with Crippen LogP contribution in [-0.2, 0) is 19.5 Å². The molecule has 1 atom stereocenters. The van der Waals surface area contributed by atoms with Crippen LogP contribution in [-0.4, -0.2) is 27.2 Å². The average Bonchev–Trinajstić information content (AvgIpc) is 2.27. The summed E-state index contributed by atoms with van der Waals surface area (Å²) in [6.07, 6.45) is 18.2. The zero-order valence-electron chi connectivity index (χ0n) is 13.6. The third-order valence-corrected chi connectivity index (χ3v) is 4.58. The van der Waals surface area contributed by atoms with Gasteiger partial charge < -0.3 is 17.4 Å². The van der Waals surface area contributed by atoms with E-state index in [0.717, 1.165) is 4.78 Å². The maximum absolute atomic E-state index is 2.41. The van der Waals surface area contributed by atoms with Crippen LogP contribution in [0, 0.1) is 6.42 Å². The first-order chi connectivity index (χ1) is 7.81. The second-order valence-corrected chi connectivity index (χ2v) is 6.92. The van der Waals surface area contributed by atoms with Gasteiger partial charge in [0.25, 0.3) is 0 Å². The van der Waals surface area contributed by atoms with E-state index in [1.807, 2.05) is 0 Å². The van der Waals surface area contributed by atoms with Crippen molar-refractivity contribution in [2.45, 2.75) is 89.3 Å². The standard InChI is InChI=1S/C15H30.Al.2H2O.Zn.2H/c1-3-5-7-9-11-13-15-14-12-10-8-6-4-2;;;;;;/h5,8H,3-4,6-7,9-15H2,1-2H3;;2*1H2;;;/q-1;;;;;;. The van der Waals surface area contributed by atoms with E-state index in [2.05, 4.69) is 20.3 Å². The summed E-state index contributed by atoms with van der Waals surface area (Å²) in [7, 11) is 0. The SMILES string of the molecule is CC[CH-]CCCCCCCC[CH]([AlH2])CCC.O.O.[Zn]. The van der Waals surface area contributed by atoms with Crippen LogP contribution in [0.5, 0.6) is 0 Å². The Labute approximate surface area is 142 Å². The number of rotatable bonds is 12. The first-order valence-corrected chi connectivity index (χ1v) is 8.78. The molecule has 0 aromatic carbocycles. The van der Waals surface area contributed by atoms with Crippen LogP contribution >= 0.6 is 0 Å². The van der Waals surface area contributed by atoms with E-state index in [0.29, 0.717) is 0 Å². The van der Waals surface area contributed by atoms with Gasteiger partial charge in [-0.2, -0.15) is 12.8 Å². The molecular weight excluding hydrogens is 305 g/mol. The Bertz CT molecular complexity index is 137. The van der Waals surface area contributed by atoms with Crippen molar-refractivity contribution in [2.75, 3.05) is 0 Å². The van der Waals surface area contributed by atoms with Crippen LogP contribution in [0.4, 0.5) is 0 Å². The molecule has 0 heterocycles. The minimum absolute atomic E-state index is 0. The molecule has 0 aliphatic rings. The fourth-order valence-corrected chi connectivity index (χ4v) is 3.32. The average molecular weight is 341 g/mol. The summed E-state index contributed by atoms with van der Waals surface area (Å²) < 4.78 is 1.10. The zero-order chi connectivity index (χ0) is 12.1. The summed E-state index contributed by atoms with van der Waals surface area (Å²) in [4.78, 5) is 0. The molecule has 0 saturated carbocycles. The van der Waals surface area contributed by atoms with Crippen LogP contribution < -0.4 is 0 Å². The van der Waals surface area contributed by atoms with Crippen molar-refractivity contribution in [1.29, 1.82) is 0 Å². The molecule has 1 unspecified atom stereocenters. The van der Waals surface area contributed by atoms with Crippen molar-refractivity contribution in [3.05, 3.63) is 6.42 Å². The monoisotopic (exact) mass is 339 g/mol. The van der Waals surface area contributed by atoms with Gasteiger partial charge in [0, 0.05) is 19.5 Å². The summed E-state index contributed by atoms with van der Waals surface area (Å²) in [6, 6.07) is 0. The topological polar surface area (TPSA) is 63.0 Å². The van der Waals surface area contributed by atoms with E-state index in [4.69, 9.17) is 0 Å². The van der Waals surface area contributed by atoms with Crippen LogP contribution in [0.15, 0.2) is 0 Å². The smallest absolute Gasteiger partial charge is 0.216 e. The van der Waals surface area contributed by atoms with Crippen molar-refractivity contribution < 1.29 is 30.4 Å². The number of hydrogen-bond acceptors (Lipinski definition) is 0. The van der Waals surface area contributed by atoms with E-state index in [-0.39, 0.29) is 30.4 Å². The maximum atomic E-state index is 2.41. The number of unbranched alkanes of at least 4 members (excludes halogenated alkanes) is 8. The molecule has 0 bridgehead atoms. The van der Waals surface area contributed by atoms with Gasteiger partial charge in [0.1, 0.15) is 0 Å². The molecule has 114 valence electrons. The summed E-state index contributed by atoms with van der Waals surface area (Å²) in [5.41, 5.74) is 0. The molecule has 0 amide bonds. The fraction of sp³-hybridized carbons (Fsp3) is 0.933. The molecule has 0 aliphatic heterocycles. The normalized spacial score (nSPS) is 10.8. The molecule has 0 fully saturated rings. The third kappa shape index (κ3) is 24.5. The van der Waals surface area contributed by atoms with Gasteiger partial charge in [-0.15, -0.1) is 0 Å². The largest absolute Gasteiger partial charge is 0.412 e. The van der Waals surface area contributed by atoms with Crippen molar-refractivity contribution in [2.24, 2.45) is 0 Å². The summed E-state index contributed by atoms with van der Waals surface area (Å²) in [5.74, 6) is 0. The van der Waals surface area contributed by atoms with Gasteiger partial charge in [-0.1, -0.05) is 76.4 Å². The predicted octanol–water partition coefficient (Wildman–Crippen LogP) is 3.29. The molecule has 0 aromatic heterocycles. The fourth-order valence-electron chi connectivity index (χ4n) is 2.33. The van der Waals surface area contributed by atoms with Crippen LogP contribution in [0.2, 0.25) is 4.78 Å². The van der Waals surface area contributed by atoms with E-state index < -0.39 is 0 Å². The van der Waals surface area contributed by atoms with Crippen molar-refractivity contribution >= 4 is 16.3 Å². The summed E-state index contributed by atoms with van der Waals surface area (Å²) >= 11 is 1.42. The van der Waals surface area contributed by atoms with Crippen molar-refractivity contribution in [1.82, 2.24) is 0 Å². The molecule has 0 rings (SSSR count). The van der Waals surface area contributed by atoms with Crippen LogP contribution in [0.25, 0.3) is 0 Å². The van der Waals surface area contributed by atoms with Crippen molar-refractivity contribution in [3.8, 4) is 0 Å². The quantitative estimate of drug-likeness (QED) is 0.297. The molecule has 4 N–H and O–H groups in total. The Morgan fingerprint density at radius 1 is 0.842 bits per heavy atom. The van der Waals surface area contributed by atoms with E-state index in [1.165, 1.54) is 86.9 Å². The molecule has 19 heavy (non-hydrogen) atoms. The summed E-state index contributed by atoms with van der Waals surface area (Å²) in [5, 5.41) is 0. The van der Waals surface area contributed by atoms with Gasteiger partial charge in [0.2, 0.25) is 16.3 Å². The Hall–Kier alpha value is 1.08. The molecule has 4 heteroatoms. The summed E-state index contributed by atoms with van der Waals surface area (Å²) in [6.45, 7) is 4.55. The van der Waals surface area contributed by atoms with Gasteiger partial charge in [-0.05, 0) is 0 Å². The second kappa shape index (κ2) is 24.1. The first kappa shape index (κ1) is 28.3. The Morgan fingerprint density at radius 2 is 1.37 bits per heavy atom. The molecule has 0 saturated heterocycles. The number of hydrogen-bond donors (Lipinski definition) is 0. The van der Waals surface area contributed by atoms with E-state index in [9.17, 15) is 0 Å².